The summed E-state index contributed by atoms with van der Waals surface area (Å²) >= 11 is 0. The minimum Gasteiger partial charge on any atom is -0.724 e. The van der Waals surface area contributed by atoms with Crippen molar-refractivity contribution in [3.63, 3.8) is 0 Å². The smallest absolute Gasteiger partial charge is 0.346 e. The van der Waals surface area contributed by atoms with Crippen molar-refractivity contribution in [1.29, 1.82) is 0 Å². The van der Waals surface area contributed by atoms with Crippen molar-refractivity contribution in [1.82, 2.24) is 9.96 Å². The van der Waals surface area contributed by atoms with Crippen molar-refractivity contribution < 1.29 is 26.8 Å². The van der Waals surface area contributed by atoms with E-state index in [0.717, 1.165) is 4.90 Å². The molecule has 0 aromatic rings. The number of fused-ring (bicyclic) bond motifs is 2. The standard InChI is InChI=1S/C9H13N3O6S.C4H8/c1-2-5-3-6-4-11(7(5)8(10)13)9(14)12(6)18-19(15,16)17;1-3-4-2/h3,6-7H,2,4H2,1H3,(H2,10,13)(H,15,16,17);3-4H,1-2H3/p-1/b;4-3+/t6-,7+;/m1./s1. The van der Waals surface area contributed by atoms with Crippen molar-refractivity contribution in [3.05, 3.63) is 23.8 Å². The van der Waals surface area contributed by atoms with Crippen LogP contribution < -0.4 is 5.73 Å². The van der Waals surface area contributed by atoms with Crippen molar-refractivity contribution in [2.24, 2.45) is 5.73 Å². The summed E-state index contributed by atoms with van der Waals surface area (Å²) < 4.78 is 35.9. The van der Waals surface area contributed by atoms with Gasteiger partial charge >= 0.3 is 6.03 Å². The van der Waals surface area contributed by atoms with Crippen LogP contribution in [0.15, 0.2) is 23.8 Å². The lowest BCUT2D eigenvalue weighted by atomic mass is 9.97. The first-order valence-electron chi connectivity index (χ1n) is 6.98. The number of hydrogen-bond acceptors (Lipinski definition) is 6. The minimum absolute atomic E-state index is 0.0471. The first-order valence-corrected chi connectivity index (χ1v) is 8.32. The number of hydrogen-bond donors (Lipinski definition) is 1. The van der Waals surface area contributed by atoms with Crippen molar-refractivity contribution >= 4 is 22.3 Å². The third kappa shape index (κ3) is 4.53. The highest BCUT2D eigenvalue weighted by atomic mass is 32.3. The van der Waals surface area contributed by atoms with Crippen LogP contribution in [0.5, 0.6) is 0 Å². The molecule has 2 atom stereocenters. The molecule has 2 heterocycles. The molecule has 2 N–H and O–H groups in total. The van der Waals surface area contributed by atoms with E-state index in [1.165, 1.54) is 6.08 Å². The Kier molecular flexibility index (Phi) is 6.30. The molecule has 3 amide bonds. The molecule has 23 heavy (non-hydrogen) atoms. The van der Waals surface area contributed by atoms with E-state index in [-0.39, 0.29) is 6.54 Å². The maximum absolute atomic E-state index is 11.9. The third-order valence-electron chi connectivity index (χ3n) is 3.37. The van der Waals surface area contributed by atoms with E-state index < -0.39 is 34.4 Å². The highest BCUT2D eigenvalue weighted by molar-refractivity contribution is 7.80. The first-order chi connectivity index (χ1) is 10.7. The number of rotatable bonds is 4. The SMILES string of the molecule is C/C=C/C.CCC1=C[C@@H]2CN(C(=O)N2OS(=O)(=O)[O-])[C@@H]1C(N)=O. The summed E-state index contributed by atoms with van der Waals surface area (Å²) in [5, 5.41) is 0.459. The fourth-order valence-corrected chi connectivity index (χ4v) is 2.70. The predicted octanol–water partition coefficient (Wildman–Crippen LogP) is 0.271. The predicted molar refractivity (Wildman–Crippen MR) is 80.4 cm³/mol. The van der Waals surface area contributed by atoms with Gasteiger partial charge in [0.15, 0.2) is 0 Å². The number of nitrogens with two attached hydrogens (primary N) is 1. The van der Waals surface area contributed by atoms with Gasteiger partial charge in [0, 0.05) is 0 Å². The van der Waals surface area contributed by atoms with Crippen LogP contribution in [-0.4, -0.2) is 53.5 Å². The number of allylic oxidation sites excluding steroid dienone is 2. The van der Waals surface area contributed by atoms with E-state index in [4.69, 9.17) is 5.73 Å². The van der Waals surface area contributed by atoms with Crippen molar-refractivity contribution in [2.75, 3.05) is 6.54 Å². The Morgan fingerprint density at radius 2 is 2.04 bits per heavy atom. The zero-order chi connectivity index (χ0) is 17.8. The molecule has 0 spiro atoms. The first kappa shape index (κ1) is 19.1. The van der Waals surface area contributed by atoms with Crippen LogP contribution in [0.25, 0.3) is 0 Å². The maximum Gasteiger partial charge on any atom is 0.346 e. The topological polar surface area (TPSA) is 133 Å². The lowest BCUT2D eigenvalue weighted by Gasteiger charge is -2.28. The highest BCUT2D eigenvalue weighted by Crippen LogP contribution is 2.31. The summed E-state index contributed by atoms with van der Waals surface area (Å²) in [6.07, 6.45) is 5.99. The van der Waals surface area contributed by atoms with E-state index in [1.54, 1.807) is 6.92 Å². The van der Waals surface area contributed by atoms with Crippen LogP contribution in [0.2, 0.25) is 0 Å². The lowest BCUT2D eigenvalue weighted by molar-refractivity contribution is -0.121. The molecule has 1 saturated heterocycles. The number of carbonyl (C=O) groups is 2. The molecule has 0 aromatic carbocycles. The Labute approximate surface area is 135 Å². The molecule has 0 radical (unpaired) electrons. The maximum atomic E-state index is 11.9. The summed E-state index contributed by atoms with van der Waals surface area (Å²) in [7, 11) is -5.06. The second-order valence-corrected chi connectivity index (χ2v) is 5.84. The van der Waals surface area contributed by atoms with Gasteiger partial charge in [-0.15, -0.1) is 0 Å². The van der Waals surface area contributed by atoms with Gasteiger partial charge in [0.05, 0.1) is 12.6 Å². The van der Waals surface area contributed by atoms with Gasteiger partial charge < -0.3 is 15.2 Å². The molecular formula is C13H20N3O6S-. The quantitative estimate of drug-likeness (QED) is 0.441. The Morgan fingerprint density at radius 3 is 2.43 bits per heavy atom. The Morgan fingerprint density at radius 1 is 1.48 bits per heavy atom. The molecule has 10 heteroatoms. The van der Waals surface area contributed by atoms with Crippen molar-refractivity contribution in [3.8, 4) is 0 Å². The molecule has 9 nitrogen and oxygen atoms in total. The van der Waals surface area contributed by atoms with Gasteiger partial charge in [-0.1, -0.05) is 25.2 Å². The fraction of sp³-hybridized carbons (Fsp3) is 0.538. The summed E-state index contributed by atoms with van der Waals surface area (Å²) in [5.41, 5.74) is 5.83. The van der Waals surface area contributed by atoms with E-state index >= 15 is 0 Å². The number of nitrogens with zero attached hydrogens (tertiary/aromatic N) is 2. The number of primary amides is 1. The zero-order valence-corrected chi connectivity index (χ0v) is 13.9. The molecule has 0 unspecified atom stereocenters. The normalized spacial score (nSPS) is 23.7. The molecular weight excluding hydrogens is 326 g/mol. The van der Waals surface area contributed by atoms with Gasteiger partial charge in [-0.3, -0.25) is 4.79 Å². The van der Waals surface area contributed by atoms with Crippen LogP contribution in [0.3, 0.4) is 0 Å². The molecule has 0 aromatic heterocycles. The average Bonchev–Trinajstić information content (AvgIpc) is 2.70. The Hall–Kier alpha value is -1.91. The summed E-state index contributed by atoms with van der Waals surface area (Å²) in [6.45, 7) is 5.82. The van der Waals surface area contributed by atoms with Crippen LogP contribution in [0, 0.1) is 0 Å². The van der Waals surface area contributed by atoms with Gasteiger partial charge in [0.2, 0.25) is 16.3 Å². The van der Waals surface area contributed by atoms with Crippen LogP contribution in [-0.2, 0) is 19.5 Å². The molecule has 0 aliphatic carbocycles. The average molecular weight is 346 g/mol. The van der Waals surface area contributed by atoms with Gasteiger partial charge in [-0.2, -0.15) is 9.35 Å². The van der Waals surface area contributed by atoms with E-state index in [1.807, 2.05) is 26.0 Å². The van der Waals surface area contributed by atoms with Crippen molar-refractivity contribution in [2.45, 2.75) is 39.3 Å². The van der Waals surface area contributed by atoms with E-state index in [9.17, 15) is 22.6 Å². The van der Waals surface area contributed by atoms with Gasteiger partial charge in [-0.05, 0) is 25.8 Å². The van der Waals surface area contributed by atoms with Crippen LogP contribution in [0.1, 0.15) is 27.2 Å². The Balaban J connectivity index is 0.000000593. The van der Waals surface area contributed by atoms with E-state index in [0.29, 0.717) is 17.1 Å². The van der Waals surface area contributed by atoms with Gasteiger partial charge in [0.25, 0.3) is 0 Å². The lowest BCUT2D eigenvalue weighted by Crippen LogP contribution is -2.48. The summed E-state index contributed by atoms with van der Waals surface area (Å²) in [6, 6.07) is -2.52. The molecule has 2 bridgehead atoms. The number of urea groups is 1. The monoisotopic (exact) mass is 346 g/mol. The second kappa shape index (κ2) is 7.57. The number of amides is 3. The molecule has 0 saturated carbocycles. The molecule has 2 aliphatic heterocycles. The number of hydroxylamine groups is 2. The van der Waals surface area contributed by atoms with Gasteiger partial charge in [-0.25, -0.2) is 13.2 Å². The van der Waals surface area contributed by atoms with Crippen LogP contribution >= 0.6 is 0 Å². The van der Waals surface area contributed by atoms with Gasteiger partial charge in [0.1, 0.15) is 6.04 Å². The largest absolute Gasteiger partial charge is 0.724 e. The minimum atomic E-state index is -5.06. The molecule has 1 fully saturated rings. The van der Waals surface area contributed by atoms with Crippen LogP contribution in [0.4, 0.5) is 4.79 Å². The summed E-state index contributed by atoms with van der Waals surface area (Å²) in [4.78, 5) is 24.4. The summed E-state index contributed by atoms with van der Waals surface area (Å²) in [5.74, 6) is -0.716. The Bertz CT molecular complexity index is 624. The highest BCUT2D eigenvalue weighted by Gasteiger charge is 2.48. The molecule has 2 aliphatic rings. The zero-order valence-electron chi connectivity index (χ0n) is 13.1. The van der Waals surface area contributed by atoms with E-state index in [2.05, 4.69) is 4.28 Å². The number of carbonyl (C=O) groups excluding carboxylic acids is 2. The second-order valence-electron chi connectivity index (χ2n) is 4.88. The third-order valence-corrected chi connectivity index (χ3v) is 3.71. The molecule has 2 rings (SSSR count). The fourth-order valence-electron chi connectivity index (χ4n) is 2.33. The molecule has 130 valence electrons.